The van der Waals surface area contributed by atoms with Gasteiger partial charge in [-0.2, -0.15) is 0 Å². The van der Waals surface area contributed by atoms with Crippen molar-refractivity contribution in [3.63, 3.8) is 0 Å². The molecule has 3 rings (SSSR count). The average Bonchev–Trinajstić information content (AvgIpc) is 3.16. The largest absolute Gasteiger partial charge is 0.335 e. The van der Waals surface area contributed by atoms with Gasteiger partial charge in [-0.3, -0.25) is 4.79 Å². The SMILES string of the molecule is O=C(c1ccccc1)N(CC1CC1)C1CC1. The molecule has 2 heteroatoms. The Hall–Kier alpha value is -1.31. The zero-order valence-corrected chi connectivity index (χ0v) is 9.43. The van der Waals surface area contributed by atoms with Crippen molar-refractivity contribution in [2.75, 3.05) is 6.54 Å². The second kappa shape index (κ2) is 3.93. The van der Waals surface area contributed by atoms with Gasteiger partial charge in [-0.15, -0.1) is 0 Å². The van der Waals surface area contributed by atoms with Crippen LogP contribution in [0.3, 0.4) is 0 Å². The molecule has 0 aliphatic heterocycles. The fraction of sp³-hybridized carbons (Fsp3) is 0.500. The second-order valence-corrected chi connectivity index (χ2v) is 5.00. The van der Waals surface area contributed by atoms with Gasteiger partial charge < -0.3 is 4.90 Å². The van der Waals surface area contributed by atoms with E-state index in [4.69, 9.17) is 0 Å². The molecule has 0 saturated heterocycles. The van der Waals surface area contributed by atoms with E-state index in [9.17, 15) is 4.79 Å². The van der Waals surface area contributed by atoms with Crippen molar-refractivity contribution in [3.8, 4) is 0 Å². The molecular weight excluding hydrogens is 198 g/mol. The maximum Gasteiger partial charge on any atom is 0.254 e. The summed E-state index contributed by atoms with van der Waals surface area (Å²) in [5, 5.41) is 0. The van der Waals surface area contributed by atoms with E-state index in [1.807, 2.05) is 30.3 Å². The van der Waals surface area contributed by atoms with Gasteiger partial charge in [-0.1, -0.05) is 18.2 Å². The summed E-state index contributed by atoms with van der Waals surface area (Å²) in [7, 11) is 0. The highest BCUT2D eigenvalue weighted by Gasteiger charge is 2.36. The van der Waals surface area contributed by atoms with Crippen LogP contribution in [0.1, 0.15) is 36.0 Å². The summed E-state index contributed by atoms with van der Waals surface area (Å²) in [6, 6.07) is 10.2. The Morgan fingerprint density at radius 3 is 2.38 bits per heavy atom. The molecule has 2 saturated carbocycles. The number of benzene rings is 1. The van der Waals surface area contributed by atoms with Gasteiger partial charge in [0.15, 0.2) is 0 Å². The van der Waals surface area contributed by atoms with Gasteiger partial charge in [0.25, 0.3) is 5.91 Å². The summed E-state index contributed by atoms with van der Waals surface area (Å²) < 4.78 is 0. The topological polar surface area (TPSA) is 20.3 Å². The first-order valence-corrected chi connectivity index (χ1v) is 6.20. The highest BCUT2D eigenvalue weighted by atomic mass is 16.2. The third-order valence-corrected chi connectivity index (χ3v) is 3.42. The third kappa shape index (κ3) is 2.11. The summed E-state index contributed by atoms with van der Waals surface area (Å²) in [5.41, 5.74) is 0.843. The maximum atomic E-state index is 12.3. The molecule has 0 unspecified atom stereocenters. The van der Waals surface area contributed by atoms with E-state index in [1.165, 1.54) is 25.7 Å². The Kier molecular flexibility index (Phi) is 2.43. The number of carbonyl (C=O) groups excluding carboxylic acids is 1. The van der Waals surface area contributed by atoms with Crippen LogP contribution < -0.4 is 0 Å². The van der Waals surface area contributed by atoms with Gasteiger partial charge in [0.2, 0.25) is 0 Å². The monoisotopic (exact) mass is 215 g/mol. The van der Waals surface area contributed by atoms with Gasteiger partial charge in [-0.05, 0) is 43.7 Å². The van der Waals surface area contributed by atoms with Crippen LogP contribution in [0.25, 0.3) is 0 Å². The predicted molar refractivity (Wildman–Crippen MR) is 63.2 cm³/mol. The summed E-state index contributed by atoms with van der Waals surface area (Å²) >= 11 is 0. The molecule has 84 valence electrons. The van der Waals surface area contributed by atoms with E-state index in [-0.39, 0.29) is 5.91 Å². The lowest BCUT2D eigenvalue weighted by Gasteiger charge is -2.22. The summed E-state index contributed by atoms with van der Waals surface area (Å²) in [4.78, 5) is 14.4. The maximum absolute atomic E-state index is 12.3. The Labute approximate surface area is 96.3 Å². The first-order chi connectivity index (χ1) is 7.84. The van der Waals surface area contributed by atoms with Crippen molar-refractivity contribution in [3.05, 3.63) is 35.9 Å². The van der Waals surface area contributed by atoms with E-state index >= 15 is 0 Å². The number of rotatable bonds is 4. The third-order valence-electron chi connectivity index (χ3n) is 3.42. The van der Waals surface area contributed by atoms with Crippen molar-refractivity contribution < 1.29 is 4.79 Å². The van der Waals surface area contributed by atoms with Crippen molar-refractivity contribution in [2.45, 2.75) is 31.7 Å². The van der Waals surface area contributed by atoms with E-state index in [2.05, 4.69) is 4.90 Å². The summed E-state index contributed by atoms with van der Waals surface area (Å²) in [6.07, 6.45) is 5.02. The Bertz CT molecular complexity index is 379. The normalized spacial score (nSPS) is 19.5. The lowest BCUT2D eigenvalue weighted by Crippen LogP contribution is -2.34. The molecule has 2 aliphatic carbocycles. The highest BCUT2D eigenvalue weighted by molar-refractivity contribution is 5.94. The smallest absolute Gasteiger partial charge is 0.254 e. The van der Waals surface area contributed by atoms with E-state index in [0.717, 1.165) is 18.0 Å². The van der Waals surface area contributed by atoms with Crippen LogP contribution in [-0.4, -0.2) is 23.4 Å². The van der Waals surface area contributed by atoms with Gasteiger partial charge in [-0.25, -0.2) is 0 Å². The number of hydrogen-bond acceptors (Lipinski definition) is 1. The van der Waals surface area contributed by atoms with Crippen LogP contribution in [0, 0.1) is 5.92 Å². The molecule has 0 heterocycles. The number of carbonyl (C=O) groups is 1. The molecule has 0 bridgehead atoms. The highest BCUT2D eigenvalue weighted by Crippen LogP contribution is 2.35. The molecule has 1 aromatic rings. The average molecular weight is 215 g/mol. The minimum atomic E-state index is 0.231. The molecule has 0 radical (unpaired) electrons. The second-order valence-electron chi connectivity index (χ2n) is 5.00. The van der Waals surface area contributed by atoms with Crippen LogP contribution in [0.15, 0.2) is 30.3 Å². The predicted octanol–water partition coefficient (Wildman–Crippen LogP) is 2.70. The molecule has 1 amide bonds. The van der Waals surface area contributed by atoms with Gasteiger partial charge in [0.1, 0.15) is 0 Å². The molecule has 2 aliphatic rings. The van der Waals surface area contributed by atoms with Crippen molar-refractivity contribution in [1.82, 2.24) is 4.90 Å². The molecule has 0 spiro atoms. The molecule has 0 N–H and O–H groups in total. The fourth-order valence-corrected chi connectivity index (χ4v) is 2.11. The lowest BCUT2D eigenvalue weighted by atomic mass is 10.2. The van der Waals surface area contributed by atoms with Crippen LogP contribution in [0.2, 0.25) is 0 Å². The van der Waals surface area contributed by atoms with Gasteiger partial charge >= 0.3 is 0 Å². The summed E-state index contributed by atoms with van der Waals surface area (Å²) in [5.74, 6) is 1.02. The van der Waals surface area contributed by atoms with E-state index in [0.29, 0.717) is 6.04 Å². The number of amides is 1. The first kappa shape index (κ1) is 9.88. The van der Waals surface area contributed by atoms with E-state index in [1.54, 1.807) is 0 Å². The van der Waals surface area contributed by atoms with Crippen molar-refractivity contribution >= 4 is 5.91 Å². The van der Waals surface area contributed by atoms with Crippen LogP contribution in [-0.2, 0) is 0 Å². The minimum absolute atomic E-state index is 0.231. The molecule has 0 aromatic heterocycles. The fourth-order valence-electron chi connectivity index (χ4n) is 2.11. The van der Waals surface area contributed by atoms with Gasteiger partial charge in [0, 0.05) is 18.2 Å². The van der Waals surface area contributed by atoms with E-state index < -0.39 is 0 Å². The molecule has 1 aromatic carbocycles. The lowest BCUT2D eigenvalue weighted by molar-refractivity contribution is 0.0735. The van der Waals surface area contributed by atoms with Gasteiger partial charge in [0.05, 0.1) is 0 Å². The number of nitrogens with zero attached hydrogens (tertiary/aromatic N) is 1. The molecular formula is C14H17NO. The molecule has 2 nitrogen and oxygen atoms in total. The Morgan fingerprint density at radius 2 is 1.81 bits per heavy atom. The Morgan fingerprint density at radius 1 is 1.12 bits per heavy atom. The van der Waals surface area contributed by atoms with Crippen molar-refractivity contribution in [2.24, 2.45) is 5.92 Å². The number of hydrogen-bond donors (Lipinski definition) is 0. The standard InChI is InChI=1S/C14H17NO/c16-14(12-4-2-1-3-5-12)15(13-8-9-13)10-11-6-7-11/h1-5,11,13H,6-10H2. The zero-order valence-electron chi connectivity index (χ0n) is 9.43. The quantitative estimate of drug-likeness (QED) is 0.756. The van der Waals surface area contributed by atoms with Crippen LogP contribution in [0.4, 0.5) is 0 Å². The summed E-state index contributed by atoms with van der Waals surface area (Å²) in [6.45, 7) is 0.985. The molecule has 16 heavy (non-hydrogen) atoms. The molecule has 0 atom stereocenters. The van der Waals surface area contributed by atoms with Crippen molar-refractivity contribution in [1.29, 1.82) is 0 Å². The zero-order chi connectivity index (χ0) is 11.0. The molecule has 2 fully saturated rings. The first-order valence-electron chi connectivity index (χ1n) is 6.20. The minimum Gasteiger partial charge on any atom is -0.335 e. The van der Waals surface area contributed by atoms with Crippen LogP contribution in [0.5, 0.6) is 0 Å². The Balaban J connectivity index is 1.74. The van der Waals surface area contributed by atoms with Crippen LogP contribution >= 0.6 is 0 Å².